The van der Waals surface area contributed by atoms with Crippen molar-refractivity contribution >= 4 is 22.8 Å². The van der Waals surface area contributed by atoms with E-state index < -0.39 is 5.54 Å². The van der Waals surface area contributed by atoms with Crippen LogP contribution in [0.15, 0.2) is 162 Å². The largest absolute Gasteiger partial charge is 0.300 e. The van der Waals surface area contributed by atoms with Crippen LogP contribution < -0.4 is 0 Å². The van der Waals surface area contributed by atoms with Crippen LogP contribution >= 0.6 is 11.8 Å². The lowest BCUT2D eigenvalue weighted by molar-refractivity contribution is 0.484. The highest BCUT2D eigenvalue weighted by atomic mass is 32.2. The Bertz CT molecular complexity index is 2400. The van der Waals surface area contributed by atoms with E-state index in [2.05, 4.69) is 95.6 Å². The van der Waals surface area contributed by atoms with Crippen molar-refractivity contribution in [3.8, 4) is 45.3 Å². The zero-order chi connectivity index (χ0) is 31.0. The predicted octanol–water partition coefficient (Wildman–Crippen LogP) is 9.51. The second kappa shape index (κ2) is 10.1. The molecule has 1 spiro atoms. The van der Waals surface area contributed by atoms with Crippen molar-refractivity contribution in [2.75, 3.05) is 0 Å². The first-order valence-electron chi connectivity index (χ1n) is 15.7. The molecule has 6 heteroatoms. The number of fused-ring (bicyclic) bond motifs is 11. The number of rotatable bonds is 3. The van der Waals surface area contributed by atoms with Crippen molar-refractivity contribution in [1.82, 2.24) is 24.5 Å². The zero-order valence-electron chi connectivity index (χ0n) is 25.1. The molecule has 47 heavy (non-hydrogen) atoms. The van der Waals surface area contributed by atoms with E-state index in [-0.39, 0.29) is 0 Å². The normalized spacial score (nSPS) is 13.6. The minimum atomic E-state index is -0.632. The highest BCUT2D eigenvalue weighted by Gasteiger charge is 2.51. The topological polar surface area (TPSA) is 56.5 Å². The Morgan fingerprint density at radius 1 is 0.447 bits per heavy atom. The second-order valence-corrected chi connectivity index (χ2v) is 12.9. The lowest BCUT2D eigenvalue weighted by Gasteiger charge is -2.40. The third kappa shape index (κ3) is 3.79. The molecule has 0 bridgehead atoms. The summed E-state index contributed by atoms with van der Waals surface area (Å²) in [6, 6.07) is 53.0. The SMILES string of the molecule is c1ccc(-c2nc(-c3ccccc3)nc(-c3ccc4c(c3)C3(c5ccccc5-c5ccccc53)n3c(nc5ccccc53)S4)n2)cc1. The van der Waals surface area contributed by atoms with Crippen molar-refractivity contribution < 1.29 is 0 Å². The zero-order valence-corrected chi connectivity index (χ0v) is 25.9. The lowest BCUT2D eigenvalue weighted by atomic mass is 9.79. The van der Waals surface area contributed by atoms with Crippen LogP contribution in [0.3, 0.4) is 0 Å². The predicted molar refractivity (Wildman–Crippen MR) is 187 cm³/mol. The lowest BCUT2D eigenvalue weighted by Crippen LogP contribution is -2.38. The smallest absolute Gasteiger partial charge is 0.175 e. The summed E-state index contributed by atoms with van der Waals surface area (Å²) >= 11 is 1.72. The first kappa shape index (κ1) is 26.4. The molecule has 0 fully saturated rings. The molecule has 0 radical (unpaired) electrons. The summed E-state index contributed by atoms with van der Waals surface area (Å²) < 4.78 is 2.46. The molecule has 0 N–H and O–H groups in total. The van der Waals surface area contributed by atoms with Crippen LogP contribution in [0.5, 0.6) is 0 Å². The Morgan fingerprint density at radius 2 is 0.979 bits per heavy atom. The van der Waals surface area contributed by atoms with Crippen molar-refractivity contribution in [1.29, 1.82) is 0 Å². The van der Waals surface area contributed by atoms with Gasteiger partial charge in [0, 0.05) is 27.1 Å². The summed E-state index contributed by atoms with van der Waals surface area (Å²) in [5.41, 5.74) is 10.5. The standard InChI is InChI=1S/C41H25N5S/c1-3-13-26(14-4-1)37-43-38(27-15-5-2-6-16-27)45-39(44-37)28-23-24-36-33(25-28)41(46-35-22-12-11-21-34(35)42-40(46)47-36)31-19-9-7-17-29(31)30-18-8-10-20-32(30)41/h1-25H. The van der Waals surface area contributed by atoms with E-state index in [0.717, 1.165) is 32.9 Å². The Labute approximate surface area is 275 Å². The monoisotopic (exact) mass is 619 g/mol. The third-order valence-corrected chi connectivity index (χ3v) is 10.3. The Kier molecular flexibility index (Phi) is 5.65. The van der Waals surface area contributed by atoms with E-state index in [1.54, 1.807) is 11.8 Å². The van der Waals surface area contributed by atoms with Crippen LogP contribution in [-0.4, -0.2) is 24.5 Å². The molecule has 10 rings (SSSR count). The summed E-state index contributed by atoms with van der Waals surface area (Å²) in [4.78, 5) is 21.5. The second-order valence-electron chi connectivity index (χ2n) is 11.9. The average Bonchev–Trinajstić information content (AvgIpc) is 3.66. The van der Waals surface area contributed by atoms with E-state index in [9.17, 15) is 0 Å². The molecular weight excluding hydrogens is 595 g/mol. The molecule has 6 aromatic carbocycles. The van der Waals surface area contributed by atoms with Gasteiger partial charge >= 0.3 is 0 Å². The number of aromatic nitrogens is 5. The van der Waals surface area contributed by atoms with E-state index in [1.807, 2.05) is 60.7 Å². The molecular formula is C41H25N5S. The summed E-state index contributed by atoms with van der Waals surface area (Å²) in [5.74, 6) is 1.94. The van der Waals surface area contributed by atoms with Crippen molar-refractivity contribution in [3.63, 3.8) is 0 Å². The van der Waals surface area contributed by atoms with Gasteiger partial charge in [0.1, 0.15) is 5.54 Å². The van der Waals surface area contributed by atoms with Gasteiger partial charge in [-0.1, -0.05) is 139 Å². The van der Waals surface area contributed by atoms with E-state index in [4.69, 9.17) is 19.9 Å². The van der Waals surface area contributed by atoms with Crippen LogP contribution in [0, 0.1) is 0 Å². The van der Waals surface area contributed by atoms with Crippen molar-refractivity contribution in [2.24, 2.45) is 0 Å². The third-order valence-electron chi connectivity index (χ3n) is 9.32. The maximum atomic E-state index is 5.18. The summed E-state index contributed by atoms with van der Waals surface area (Å²) in [6.45, 7) is 0. The molecule has 1 aliphatic carbocycles. The maximum Gasteiger partial charge on any atom is 0.175 e. The number of para-hydroxylation sites is 2. The van der Waals surface area contributed by atoms with Crippen molar-refractivity contribution in [2.45, 2.75) is 15.6 Å². The Morgan fingerprint density at radius 3 is 1.62 bits per heavy atom. The van der Waals surface area contributed by atoms with Crippen LogP contribution in [0.1, 0.15) is 16.7 Å². The molecule has 2 aromatic heterocycles. The fourth-order valence-electron chi connectivity index (χ4n) is 7.34. The maximum absolute atomic E-state index is 5.18. The molecule has 0 atom stereocenters. The number of benzene rings is 6. The summed E-state index contributed by atoms with van der Waals surface area (Å²) in [7, 11) is 0. The number of nitrogens with zero attached hydrogens (tertiary/aromatic N) is 5. The van der Waals surface area contributed by atoms with Gasteiger partial charge < -0.3 is 0 Å². The molecule has 8 aromatic rings. The first-order valence-corrected chi connectivity index (χ1v) is 16.5. The van der Waals surface area contributed by atoms with Gasteiger partial charge in [-0.25, -0.2) is 19.9 Å². The molecule has 0 saturated carbocycles. The number of imidazole rings is 1. The van der Waals surface area contributed by atoms with Crippen LogP contribution in [0.25, 0.3) is 56.3 Å². The molecule has 5 nitrogen and oxygen atoms in total. The van der Waals surface area contributed by atoms with Gasteiger partial charge in [0.2, 0.25) is 0 Å². The Hall–Kier alpha value is -5.85. The van der Waals surface area contributed by atoms with Gasteiger partial charge in [0.25, 0.3) is 0 Å². The van der Waals surface area contributed by atoms with Gasteiger partial charge in [-0.2, -0.15) is 0 Å². The molecule has 2 aliphatic rings. The highest BCUT2D eigenvalue weighted by molar-refractivity contribution is 7.99. The molecule has 0 amide bonds. The van der Waals surface area contributed by atoms with E-state index in [0.29, 0.717) is 17.5 Å². The van der Waals surface area contributed by atoms with Crippen LogP contribution in [-0.2, 0) is 5.54 Å². The molecule has 1 aliphatic heterocycles. The van der Waals surface area contributed by atoms with Gasteiger partial charge in [-0.05, 0) is 46.5 Å². The molecule has 3 heterocycles. The fraction of sp³-hybridized carbons (Fsp3) is 0.0244. The summed E-state index contributed by atoms with van der Waals surface area (Å²) in [6.07, 6.45) is 0. The highest BCUT2D eigenvalue weighted by Crippen LogP contribution is 2.60. The van der Waals surface area contributed by atoms with Crippen LogP contribution in [0.2, 0.25) is 0 Å². The summed E-state index contributed by atoms with van der Waals surface area (Å²) in [5, 5.41) is 0.982. The fourth-order valence-corrected chi connectivity index (χ4v) is 8.46. The number of hydrogen-bond acceptors (Lipinski definition) is 5. The average molecular weight is 620 g/mol. The Balaban J connectivity index is 1.28. The minimum absolute atomic E-state index is 0.632. The minimum Gasteiger partial charge on any atom is -0.300 e. The molecule has 220 valence electrons. The van der Waals surface area contributed by atoms with Crippen LogP contribution in [0.4, 0.5) is 0 Å². The van der Waals surface area contributed by atoms with Gasteiger partial charge in [-0.3, -0.25) is 4.57 Å². The molecule has 0 saturated heterocycles. The van der Waals surface area contributed by atoms with Gasteiger partial charge in [0.15, 0.2) is 22.6 Å². The van der Waals surface area contributed by atoms with E-state index in [1.165, 1.54) is 32.7 Å². The number of hydrogen-bond donors (Lipinski definition) is 0. The molecule has 0 unspecified atom stereocenters. The van der Waals surface area contributed by atoms with Gasteiger partial charge in [0.05, 0.1) is 11.0 Å². The van der Waals surface area contributed by atoms with Gasteiger partial charge in [-0.15, -0.1) is 0 Å². The quantitative estimate of drug-likeness (QED) is 0.197. The van der Waals surface area contributed by atoms with Crippen molar-refractivity contribution in [3.05, 3.63) is 168 Å². The van der Waals surface area contributed by atoms with E-state index >= 15 is 0 Å². The first-order chi connectivity index (χ1) is 23.3.